The van der Waals surface area contributed by atoms with Crippen molar-refractivity contribution >= 4 is 17.7 Å². The van der Waals surface area contributed by atoms with E-state index in [-0.39, 0.29) is 38.6 Å². The van der Waals surface area contributed by atoms with Gasteiger partial charge in [0.25, 0.3) is 11.8 Å². The molecule has 4 rings (SSSR count). The maximum Gasteiger partial charge on any atom is 0.417 e. The van der Waals surface area contributed by atoms with Gasteiger partial charge in [-0.1, -0.05) is 30.3 Å². The standard InChI is InChI=1S/C24H22F3N5O3/c25-24(26,27)20-9-5-4-8-19(20)23(35)31-12-10-30(11-13-31)21(33)15-28-22(34)17-14-29-32(16-17)18-6-2-1-3-7-18/h1-9,14,16H,10-13,15H2,(H,28,34). The number of nitrogens with zero attached hydrogens (tertiary/aromatic N) is 4. The summed E-state index contributed by atoms with van der Waals surface area (Å²) >= 11 is 0. The summed E-state index contributed by atoms with van der Waals surface area (Å²) in [5, 5.41) is 6.70. The summed E-state index contributed by atoms with van der Waals surface area (Å²) in [7, 11) is 0. The first kappa shape index (κ1) is 24.0. The van der Waals surface area contributed by atoms with Crippen LogP contribution < -0.4 is 5.32 Å². The van der Waals surface area contributed by atoms with Crippen molar-refractivity contribution in [1.82, 2.24) is 24.9 Å². The van der Waals surface area contributed by atoms with Crippen LogP contribution in [0.25, 0.3) is 5.69 Å². The van der Waals surface area contributed by atoms with Crippen LogP contribution in [-0.2, 0) is 11.0 Å². The molecule has 0 saturated carbocycles. The minimum atomic E-state index is -4.64. The molecule has 11 heteroatoms. The van der Waals surface area contributed by atoms with E-state index >= 15 is 0 Å². The summed E-state index contributed by atoms with van der Waals surface area (Å²) in [5.41, 5.74) is -0.321. The molecular formula is C24H22F3N5O3. The highest BCUT2D eigenvalue weighted by atomic mass is 19.4. The molecule has 2 aromatic carbocycles. The third-order valence-corrected chi connectivity index (χ3v) is 5.65. The summed E-state index contributed by atoms with van der Waals surface area (Å²) in [6.45, 7) is 0.241. The first-order chi connectivity index (χ1) is 16.7. The van der Waals surface area contributed by atoms with E-state index in [9.17, 15) is 27.6 Å². The number of amides is 3. The number of alkyl halides is 3. The van der Waals surface area contributed by atoms with Gasteiger partial charge in [0.15, 0.2) is 0 Å². The number of piperazine rings is 1. The Morgan fingerprint density at radius 1 is 0.886 bits per heavy atom. The van der Waals surface area contributed by atoms with Crippen molar-refractivity contribution in [3.63, 3.8) is 0 Å². The largest absolute Gasteiger partial charge is 0.417 e. The fourth-order valence-electron chi connectivity index (χ4n) is 3.78. The Morgan fingerprint density at radius 2 is 1.51 bits per heavy atom. The van der Waals surface area contributed by atoms with E-state index in [0.29, 0.717) is 5.56 Å². The van der Waals surface area contributed by atoms with Gasteiger partial charge < -0.3 is 15.1 Å². The average Bonchev–Trinajstić information content (AvgIpc) is 3.37. The van der Waals surface area contributed by atoms with Crippen LogP contribution in [0.15, 0.2) is 67.0 Å². The number of hydrogen-bond donors (Lipinski definition) is 1. The molecule has 1 aromatic heterocycles. The van der Waals surface area contributed by atoms with E-state index < -0.39 is 29.1 Å². The molecule has 2 heterocycles. The fourth-order valence-corrected chi connectivity index (χ4v) is 3.78. The van der Waals surface area contributed by atoms with Crippen LogP contribution in [0.4, 0.5) is 13.2 Å². The maximum absolute atomic E-state index is 13.2. The zero-order valence-electron chi connectivity index (χ0n) is 18.5. The third kappa shape index (κ3) is 5.51. The minimum absolute atomic E-state index is 0.0918. The molecule has 35 heavy (non-hydrogen) atoms. The summed E-state index contributed by atoms with van der Waals surface area (Å²) in [5.74, 6) is -1.54. The second kappa shape index (κ2) is 10.00. The molecule has 8 nitrogen and oxygen atoms in total. The van der Waals surface area contributed by atoms with Gasteiger partial charge in [-0.25, -0.2) is 4.68 Å². The number of rotatable bonds is 5. The summed E-state index contributed by atoms with van der Waals surface area (Å²) in [4.78, 5) is 40.4. The first-order valence-electron chi connectivity index (χ1n) is 10.9. The van der Waals surface area contributed by atoms with E-state index in [2.05, 4.69) is 10.4 Å². The zero-order chi connectivity index (χ0) is 25.0. The summed E-state index contributed by atoms with van der Waals surface area (Å²) in [6.07, 6.45) is -1.69. The van der Waals surface area contributed by atoms with E-state index in [0.717, 1.165) is 17.8 Å². The third-order valence-electron chi connectivity index (χ3n) is 5.65. The number of benzene rings is 2. The molecule has 1 N–H and O–H groups in total. The number of aromatic nitrogens is 2. The zero-order valence-corrected chi connectivity index (χ0v) is 18.5. The molecule has 0 radical (unpaired) electrons. The van der Waals surface area contributed by atoms with E-state index in [1.54, 1.807) is 10.9 Å². The van der Waals surface area contributed by atoms with Crippen LogP contribution in [-0.4, -0.2) is 70.0 Å². The monoisotopic (exact) mass is 485 g/mol. The van der Waals surface area contributed by atoms with Crippen molar-refractivity contribution in [3.05, 3.63) is 83.7 Å². The number of hydrogen-bond acceptors (Lipinski definition) is 4. The van der Waals surface area contributed by atoms with Crippen molar-refractivity contribution in [2.45, 2.75) is 6.18 Å². The first-order valence-corrected chi connectivity index (χ1v) is 10.9. The Morgan fingerprint density at radius 3 is 2.20 bits per heavy atom. The van der Waals surface area contributed by atoms with Crippen LogP contribution in [0.3, 0.4) is 0 Å². The van der Waals surface area contributed by atoms with Gasteiger partial charge in [0.05, 0.1) is 35.1 Å². The van der Waals surface area contributed by atoms with Crippen molar-refractivity contribution in [3.8, 4) is 5.69 Å². The SMILES string of the molecule is O=C(NCC(=O)N1CCN(C(=O)c2ccccc2C(F)(F)F)CC1)c1cnn(-c2ccccc2)c1. The highest BCUT2D eigenvalue weighted by Crippen LogP contribution is 2.32. The number of para-hydroxylation sites is 1. The van der Waals surface area contributed by atoms with E-state index in [1.807, 2.05) is 30.3 Å². The Labute approximate surface area is 198 Å². The molecule has 0 atom stereocenters. The number of carbonyl (C=O) groups is 3. The molecule has 0 unspecified atom stereocenters. The van der Waals surface area contributed by atoms with Crippen molar-refractivity contribution in [1.29, 1.82) is 0 Å². The Balaban J connectivity index is 1.29. The predicted octanol–water partition coefficient (Wildman–Crippen LogP) is 2.61. The molecule has 3 amide bonds. The van der Waals surface area contributed by atoms with Gasteiger partial charge in [0.1, 0.15) is 0 Å². The van der Waals surface area contributed by atoms with Gasteiger partial charge in [-0.2, -0.15) is 18.3 Å². The van der Waals surface area contributed by atoms with Gasteiger partial charge in [-0.3, -0.25) is 14.4 Å². The predicted molar refractivity (Wildman–Crippen MR) is 120 cm³/mol. The van der Waals surface area contributed by atoms with Gasteiger partial charge in [-0.15, -0.1) is 0 Å². The molecule has 1 saturated heterocycles. The van der Waals surface area contributed by atoms with Crippen molar-refractivity contribution < 1.29 is 27.6 Å². The van der Waals surface area contributed by atoms with Crippen LogP contribution in [0.5, 0.6) is 0 Å². The number of nitrogens with one attached hydrogen (secondary N) is 1. The molecule has 0 bridgehead atoms. The normalized spacial score (nSPS) is 14.0. The lowest BCUT2D eigenvalue weighted by Gasteiger charge is -2.35. The van der Waals surface area contributed by atoms with Gasteiger partial charge >= 0.3 is 6.18 Å². The van der Waals surface area contributed by atoms with Gasteiger partial charge in [0, 0.05) is 32.4 Å². The van der Waals surface area contributed by atoms with Crippen LogP contribution in [0, 0.1) is 0 Å². The highest BCUT2D eigenvalue weighted by molar-refractivity contribution is 5.97. The average molecular weight is 485 g/mol. The topological polar surface area (TPSA) is 87.5 Å². The van der Waals surface area contributed by atoms with Gasteiger partial charge in [0.2, 0.25) is 5.91 Å². The molecular weight excluding hydrogens is 463 g/mol. The second-order valence-corrected chi connectivity index (χ2v) is 7.91. The van der Waals surface area contributed by atoms with Crippen molar-refractivity contribution in [2.24, 2.45) is 0 Å². The molecule has 182 valence electrons. The number of halogens is 3. The summed E-state index contributed by atoms with van der Waals surface area (Å²) in [6, 6.07) is 13.9. The smallest absolute Gasteiger partial charge is 0.343 e. The minimum Gasteiger partial charge on any atom is -0.343 e. The molecule has 3 aromatic rings. The molecule has 1 fully saturated rings. The van der Waals surface area contributed by atoms with Crippen LogP contribution in [0.2, 0.25) is 0 Å². The highest BCUT2D eigenvalue weighted by Gasteiger charge is 2.36. The lowest BCUT2D eigenvalue weighted by molar-refractivity contribution is -0.138. The molecule has 1 aliphatic heterocycles. The Hall–Kier alpha value is -4.15. The lowest BCUT2D eigenvalue weighted by Crippen LogP contribution is -2.52. The van der Waals surface area contributed by atoms with Crippen LogP contribution in [0.1, 0.15) is 26.3 Å². The van der Waals surface area contributed by atoms with Gasteiger partial charge in [-0.05, 0) is 24.3 Å². The van der Waals surface area contributed by atoms with Crippen LogP contribution >= 0.6 is 0 Å². The molecule has 0 aliphatic carbocycles. The van der Waals surface area contributed by atoms with E-state index in [4.69, 9.17) is 0 Å². The Kier molecular flexibility index (Phi) is 6.85. The fraction of sp³-hybridized carbons (Fsp3) is 0.250. The van der Waals surface area contributed by atoms with E-state index in [1.165, 1.54) is 28.1 Å². The lowest BCUT2D eigenvalue weighted by atomic mass is 10.1. The van der Waals surface area contributed by atoms with Crippen molar-refractivity contribution in [2.75, 3.05) is 32.7 Å². The maximum atomic E-state index is 13.2. The Bertz CT molecular complexity index is 1220. The quantitative estimate of drug-likeness (QED) is 0.602. The number of carbonyl (C=O) groups excluding carboxylic acids is 3. The summed E-state index contributed by atoms with van der Waals surface area (Å²) < 4.78 is 41.3. The molecule has 1 aliphatic rings. The molecule has 0 spiro atoms. The second-order valence-electron chi connectivity index (χ2n) is 7.91.